The Labute approximate surface area is 121 Å². The third-order valence-electron chi connectivity index (χ3n) is 3.20. The van der Waals surface area contributed by atoms with Gasteiger partial charge in [-0.25, -0.2) is 30.3 Å². The molecule has 1 aromatic rings. The zero-order valence-corrected chi connectivity index (χ0v) is 12.5. The van der Waals surface area contributed by atoms with Crippen LogP contribution in [-0.2, 0) is 26.4 Å². The van der Waals surface area contributed by atoms with Crippen molar-refractivity contribution in [3.8, 4) is 0 Å². The maximum absolute atomic E-state index is 14.0. The van der Waals surface area contributed by atoms with Gasteiger partial charge in [-0.3, -0.25) is 0 Å². The first kappa shape index (κ1) is 16.3. The van der Waals surface area contributed by atoms with Crippen molar-refractivity contribution >= 4 is 19.9 Å². The summed E-state index contributed by atoms with van der Waals surface area (Å²) in [5.74, 6) is -2.65. The van der Waals surface area contributed by atoms with Crippen LogP contribution in [0.4, 0.5) is 8.78 Å². The number of benzene rings is 1. The lowest BCUT2D eigenvalue weighted by molar-refractivity contribution is 0.521. The van der Waals surface area contributed by atoms with E-state index < -0.39 is 54.5 Å². The molecule has 0 spiro atoms. The molecule has 0 bridgehead atoms. The van der Waals surface area contributed by atoms with Gasteiger partial charge in [-0.05, 0) is 18.6 Å². The maximum Gasteiger partial charge on any atom is 0.243 e. The Hall–Kier alpha value is -1.10. The quantitative estimate of drug-likeness (QED) is 0.795. The Morgan fingerprint density at radius 3 is 2.52 bits per heavy atom. The highest BCUT2D eigenvalue weighted by atomic mass is 32.2. The molecule has 10 heteroatoms. The standard InChI is InChI=1S/C11H14F2N2O4S2/c12-9-1-2-10(11(13)8(9)5-14)21(18,19)15-7-3-4-20(16,17)6-7/h1-2,7,15H,3-6,14H2. The van der Waals surface area contributed by atoms with Gasteiger partial charge in [0.05, 0.1) is 11.5 Å². The lowest BCUT2D eigenvalue weighted by Gasteiger charge is -2.13. The third kappa shape index (κ3) is 3.39. The SMILES string of the molecule is NCc1c(F)ccc(S(=O)(=O)NC2CCS(=O)(=O)C2)c1F. The summed E-state index contributed by atoms with van der Waals surface area (Å²) in [6.07, 6.45) is 0.119. The highest BCUT2D eigenvalue weighted by Crippen LogP contribution is 2.22. The van der Waals surface area contributed by atoms with Gasteiger partial charge in [0.1, 0.15) is 10.7 Å². The average molecular weight is 340 g/mol. The monoisotopic (exact) mass is 340 g/mol. The minimum atomic E-state index is -4.29. The van der Waals surface area contributed by atoms with Gasteiger partial charge in [-0.15, -0.1) is 0 Å². The molecule has 3 N–H and O–H groups in total. The number of hydrogen-bond donors (Lipinski definition) is 2. The van der Waals surface area contributed by atoms with Crippen molar-refractivity contribution in [1.29, 1.82) is 0 Å². The Morgan fingerprint density at radius 2 is 2.00 bits per heavy atom. The lowest BCUT2D eigenvalue weighted by atomic mass is 10.2. The fourth-order valence-corrected chi connectivity index (χ4v) is 5.29. The van der Waals surface area contributed by atoms with E-state index in [1.54, 1.807) is 0 Å². The van der Waals surface area contributed by atoms with Crippen LogP contribution in [0.25, 0.3) is 0 Å². The zero-order chi connectivity index (χ0) is 15.8. The fourth-order valence-electron chi connectivity index (χ4n) is 2.14. The van der Waals surface area contributed by atoms with Crippen molar-refractivity contribution in [2.24, 2.45) is 5.73 Å². The van der Waals surface area contributed by atoms with Gasteiger partial charge < -0.3 is 5.73 Å². The van der Waals surface area contributed by atoms with E-state index in [9.17, 15) is 25.6 Å². The molecule has 6 nitrogen and oxygen atoms in total. The summed E-state index contributed by atoms with van der Waals surface area (Å²) in [6, 6.07) is 0.784. The van der Waals surface area contributed by atoms with Crippen molar-refractivity contribution in [1.82, 2.24) is 4.72 Å². The molecule has 0 radical (unpaired) electrons. The summed E-state index contributed by atoms with van der Waals surface area (Å²) >= 11 is 0. The number of halogens is 2. The normalized spacial score (nSPS) is 21.6. The molecule has 0 aromatic heterocycles. The second-order valence-electron chi connectivity index (χ2n) is 4.76. The van der Waals surface area contributed by atoms with Crippen molar-refractivity contribution in [3.05, 3.63) is 29.3 Å². The van der Waals surface area contributed by atoms with Crippen molar-refractivity contribution < 1.29 is 25.6 Å². The maximum atomic E-state index is 14.0. The van der Waals surface area contributed by atoms with Gasteiger partial charge in [0.25, 0.3) is 0 Å². The van der Waals surface area contributed by atoms with Crippen LogP contribution >= 0.6 is 0 Å². The van der Waals surface area contributed by atoms with Crippen LogP contribution in [0.15, 0.2) is 17.0 Å². The number of sulfonamides is 1. The molecule has 0 saturated carbocycles. The van der Waals surface area contributed by atoms with Crippen LogP contribution in [-0.4, -0.2) is 34.4 Å². The smallest absolute Gasteiger partial charge is 0.243 e. The fraction of sp³-hybridized carbons (Fsp3) is 0.455. The number of sulfone groups is 1. The highest BCUT2D eigenvalue weighted by molar-refractivity contribution is 7.92. The molecule has 1 fully saturated rings. The van der Waals surface area contributed by atoms with Crippen LogP contribution in [0.3, 0.4) is 0 Å². The predicted molar refractivity (Wildman–Crippen MR) is 71.6 cm³/mol. The van der Waals surface area contributed by atoms with Crippen molar-refractivity contribution in [3.63, 3.8) is 0 Å². The molecule has 0 aliphatic carbocycles. The Morgan fingerprint density at radius 1 is 1.33 bits per heavy atom. The van der Waals surface area contributed by atoms with E-state index in [1.165, 1.54) is 0 Å². The van der Waals surface area contributed by atoms with Gasteiger partial charge in [-0.1, -0.05) is 0 Å². The zero-order valence-electron chi connectivity index (χ0n) is 10.8. The lowest BCUT2D eigenvalue weighted by Crippen LogP contribution is -2.36. The number of nitrogens with two attached hydrogens (primary N) is 1. The van der Waals surface area contributed by atoms with Gasteiger partial charge in [0.15, 0.2) is 15.7 Å². The summed E-state index contributed by atoms with van der Waals surface area (Å²) in [5.41, 5.74) is 4.66. The second-order valence-corrected chi connectivity index (χ2v) is 8.67. The summed E-state index contributed by atoms with van der Waals surface area (Å²) in [4.78, 5) is -0.742. The minimum absolute atomic E-state index is 0.119. The highest BCUT2D eigenvalue weighted by Gasteiger charge is 2.33. The molecule has 0 amide bonds. The van der Waals surface area contributed by atoms with Crippen molar-refractivity contribution in [2.75, 3.05) is 11.5 Å². The summed E-state index contributed by atoms with van der Waals surface area (Å²) < 4.78 is 76.2. The molecule has 1 atom stereocenters. The third-order valence-corrected chi connectivity index (χ3v) is 6.50. The first-order chi connectivity index (χ1) is 9.66. The molecule has 2 rings (SSSR count). The summed E-state index contributed by atoms with van der Waals surface area (Å²) in [7, 11) is -7.57. The summed E-state index contributed by atoms with van der Waals surface area (Å²) in [5, 5.41) is 0. The molecule has 1 aliphatic heterocycles. The van der Waals surface area contributed by atoms with Crippen LogP contribution in [0.5, 0.6) is 0 Å². The number of nitrogens with one attached hydrogen (secondary N) is 1. The largest absolute Gasteiger partial charge is 0.326 e. The predicted octanol–water partition coefficient (Wildman–Crippen LogP) is -0.111. The van der Waals surface area contributed by atoms with Gasteiger partial charge >= 0.3 is 0 Å². The van der Waals surface area contributed by atoms with E-state index in [-0.39, 0.29) is 17.9 Å². The molecule has 1 unspecified atom stereocenters. The number of rotatable bonds is 4. The second kappa shape index (κ2) is 5.59. The molecule has 1 aliphatic rings. The minimum Gasteiger partial charge on any atom is -0.326 e. The van der Waals surface area contributed by atoms with Crippen LogP contribution in [0, 0.1) is 11.6 Å². The molecule has 21 heavy (non-hydrogen) atoms. The number of hydrogen-bond acceptors (Lipinski definition) is 5. The molecular weight excluding hydrogens is 326 g/mol. The first-order valence-corrected chi connectivity index (χ1v) is 9.36. The molecule has 1 aromatic carbocycles. The van der Waals surface area contributed by atoms with E-state index in [2.05, 4.69) is 4.72 Å². The topological polar surface area (TPSA) is 106 Å². The molecule has 118 valence electrons. The summed E-state index contributed by atoms with van der Waals surface area (Å²) in [6.45, 7) is -0.487. The Bertz CT molecular complexity index is 763. The Kier molecular flexibility index (Phi) is 4.34. The van der Waals surface area contributed by atoms with Crippen LogP contribution in [0.1, 0.15) is 12.0 Å². The average Bonchev–Trinajstić information content (AvgIpc) is 2.68. The van der Waals surface area contributed by atoms with E-state index in [0.717, 1.165) is 12.1 Å². The van der Waals surface area contributed by atoms with Gasteiger partial charge in [0, 0.05) is 18.2 Å². The van der Waals surface area contributed by atoms with Crippen molar-refractivity contribution in [2.45, 2.75) is 23.9 Å². The Balaban J connectivity index is 2.33. The molecular formula is C11H14F2N2O4S2. The molecule has 1 heterocycles. The van der Waals surface area contributed by atoms with E-state index in [1.807, 2.05) is 0 Å². The van der Waals surface area contributed by atoms with E-state index in [0.29, 0.717) is 0 Å². The first-order valence-electron chi connectivity index (χ1n) is 6.06. The molecule has 1 saturated heterocycles. The van der Waals surface area contributed by atoms with E-state index >= 15 is 0 Å². The van der Waals surface area contributed by atoms with Gasteiger partial charge in [0.2, 0.25) is 10.0 Å². The van der Waals surface area contributed by atoms with E-state index in [4.69, 9.17) is 5.73 Å². The van der Waals surface area contributed by atoms with Crippen LogP contribution < -0.4 is 10.5 Å². The van der Waals surface area contributed by atoms with Gasteiger partial charge in [-0.2, -0.15) is 0 Å². The van der Waals surface area contributed by atoms with Crippen LogP contribution in [0.2, 0.25) is 0 Å².